The second-order valence-corrected chi connectivity index (χ2v) is 17.7. The number of urea groups is 1. The highest BCUT2D eigenvalue weighted by Crippen LogP contribution is 2.40. The first kappa shape index (κ1) is 49.3. The Bertz CT molecular complexity index is 2640. The molecule has 2 saturated carbocycles. The molecule has 19 nitrogen and oxygen atoms in total. The normalized spacial score (nSPS) is 21.7. The second kappa shape index (κ2) is 22.1. The van der Waals surface area contributed by atoms with Crippen LogP contribution < -0.4 is 26.2 Å². The highest BCUT2D eigenvalue weighted by atomic mass is 19.4. The van der Waals surface area contributed by atoms with Crippen molar-refractivity contribution < 1.29 is 48.0 Å². The Morgan fingerprint density at radius 2 is 1.34 bits per heavy atom. The summed E-state index contributed by atoms with van der Waals surface area (Å²) >= 11 is 0. The van der Waals surface area contributed by atoms with E-state index in [2.05, 4.69) is 60.5 Å². The number of pyridine rings is 1. The number of piperidine rings is 1. The van der Waals surface area contributed by atoms with Crippen LogP contribution in [0.15, 0.2) is 104 Å². The molecule has 0 spiro atoms. The summed E-state index contributed by atoms with van der Waals surface area (Å²) in [4.78, 5) is 57.0. The van der Waals surface area contributed by atoms with E-state index in [4.69, 9.17) is 24.9 Å². The summed E-state index contributed by atoms with van der Waals surface area (Å²) in [5.41, 5.74) is 3.56. The van der Waals surface area contributed by atoms with Crippen molar-refractivity contribution in [1.29, 1.82) is 0 Å². The maximum atomic E-state index is 14.1. The van der Waals surface area contributed by atoms with Crippen LogP contribution in [-0.4, -0.2) is 129 Å². The van der Waals surface area contributed by atoms with Gasteiger partial charge in [0.15, 0.2) is 11.5 Å². The zero-order valence-electron chi connectivity index (χ0n) is 37.9. The number of hydrogen-bond acceptors (Lipinski definition) is 13. The topological polar surface area (TPSA) is 258 Å². The van der Waals surface area contributed by atoms with Crippen LogP contribution in [0.5, 0.6) is 0 Å². The number of halogens is 3. The summed E-state index contributed by atoms with van der Waals surface area (Å²) < 4.78 is 35.0. The van der Waals surface area contributed by atoms with E-state index >= 15 is 0 Å². The Balaban J connectivity index is 0.000000876. The maximum Gasteiger partial charge on any atom is 0.490 e. The van der Waals surface area contributed by atoms with E-state index in [9.17, 15) is 38.1 Å². The molecule has 5 heterocycles. The number of carbonyl (C=O) groups is 3. The molecule has 8 N–H and O–H groups in total. The number of aliphatic carboxylic acids is 1. The average molecular weight is 969 g/mol. The number of hydrogen-bond donors (Lipinski definition) is 8. The van der Waals surface area contributed by atoms with Crippen molar-refractivity contribution in [3.63, 3.8) is 0 Å². The van der Waals surface area contributed by atoms with Gasteiger partial charge in [-0.3, -0.25) is 9.48 Å². The number of nitrogens with zero attached hydrogens (tertiary/aromatic N) is 8. The molecule has 4 aromatic heterocycles. The third-order valence-electron chi connectivity index (χ3n) is 13.1. The number of amides is 3. The monoisotopic (exact) mass is 968 g/mol. The number of carboxylic acids is 1. The molecule has 3 fully saturated rings. The molecule has 3 aliphatic rings. The van der Waals surface area contributed by atoms with Gasteiger partial charge in [0, 0.05) is 61.6 Å². The van der Waals surface area contributed by atoms with Gasteiger partial charge in [-0.15, -0.1) is 0 Å². The number of carbonyl (C=O) groups excluding carboxylic acids is 2. The molecule has 2 aromatic carbocycles. The molecule has 1 saturated heterocycles. The number of benzene rings is 2. The van der Waals surface area contributed by atoms with E-state index in [-0.39, 0.29) is 42.5 Å². The van der Waals surface area contributed by atoms with Crippen molar-refractivity contribution in [1.82, 2.24) is 50.2 Å². The van der Waals surface area contributed by atoms with Crippen LogP contribution in [0.1, 0.15) is 90.3 Å². The molecule has 0 bridgehead atoms. The Morgan fingerprint density at radius 3 is 1.91 bits per heavy atom. The number of fused-ring (bicyclic) bond motifs is 1. The minimum atomic E-state index is -5.08. The van der Waals surface area contributed by atoms with Gasteiger partial charge in [0.1, 0.15) is 23.5 Å². The van der Waals surface area contributed by atoms with Gasteiger partial charge < -0.3 is 51.2 Å². The van der Waals surface area contributed by atoms with Crippen molar-refractivity contribution >= 4 is 40.7 Å². The molecule has 70 heavy (non-hydrogen) atoms. The summed E-state index contributed by atoms with van der Waals surface area (Å²) in [6, 6.07) is 24.8. The molecule has 1 aliphatic heterocycles. The van der Waals surface area contributed by atoms with E-state index in [0.29, 0.717) is 61.2 Å². The van der Waals surface area contributed by atoms with Crippen LogP contribution in [0.2, 0.25) is 0 Å². The fourth-order valence-electron chi connectivity index (χ4n) is 9.38. The third kappa shape index (κ3) is 11.8. The minimum absolute atomic E-state index is 0.0133. The minimum Gasteiger partial charge on any atom is -0.475 e. The molecule has 22 heteroatoms. The first-order valence-corrected chi connectivity index (χ1v) is 23.2. The molecular weight excluding hydrogens is 914 g/mol. The summed E-state index contributed by atoms with van der Waals surface area (Å²) in [5, 5.41) is 56.7. The molecular formula is C48H55F3N12O7. The lowest BCUT2D eigenvalue weighted by Crippen LogP contribution is -2.51. The zero-order valence-corrected chi connectivity index (χ0v) is 37.9. The molecule has 4 atom stereocenters. The maximum absolute atomic E-state index is 14.1. The van der Waals surface area contributed by atoms with Crippen LogP contribution >= 0.6 is 0 Å². The summed E-state index contributed by atoms with van der Waals surface area (Å²) in [6.45, 7) is 1.90. The Labute approximate surface area is 400 Å². The van der Waals surface area contributed by atoms with Gasteiger partial charge in [-0.05, 0) is 68.2 Å². The molecule has 3 amide bonds. The first-order valence-electron chi connectivity index (χ1n) is 23.2. The molecule has 2 aliphatic carbocycles. The molecule has 6 aromatic rings. The Hall–Kier alpha value is -7.17. The van der Waals surface area contributed by atoms with Gasteiger partial charge in [0.05, 0.1) is 31.2 Å². The number of aromatic nitrogens is 7. The molecule has 370 valence electrons. The first-order chi connectivity index (χ1) is 33.7. The predicted octanol–water partition coefficient (Wildman–Crippen LogP) is 4.70. The lowest BCUT2D eigenvalue weighted by atomic mass is 9.91. The quantitative estimate of drug-likeness (QED) is 0.0781. The number of nitrogens with one attached hydrogen (secondary N) is 4. The summed E-state index contributed by atoms with van der Waals surface area (Å²) in [5.74, 6) is -1.99. The van der Waals surface area contributed by atoms with Crippen LogP contribution in [0.25, 0.3) is 11.2 Å². The molecule has 0 unspecified atom stereocenters. The lowest BCUT2D eigenvalue weighted by Gasteiger charge is -2.34. The van der Waals surface area contributed by atoms with Crippen LogP contribution in [0.3, 0.4) is 0 Å². The van der Waals surface area contributed by atoms with E-state index in [1.54, 1.807) is 28.0 Å². The predicted molar refractivity (Wildman–Crippen MR) is 250 cm³/mol. The van der Waals surface area contributed by atoms with Crippen LogP contribution in [0, 0.1) is 0 Å². The second-order valence-electron chi connectivity index (χ2n) is 17.7. The van der Waals surface area contributed by atoms with Gasteiger partial charge in [-0.2, -0.15) is 18.3 Å². The van der Waals surface area contributed by atoms with Gasteiger partial charge >= 0.3 is 18.2 Å². The van der Waals surface area contributed by atoms with Gasteiger partial charge in [0.2, 0.25) is 5.82 Å². The van der Waals surface area contributed by atoms with E-state index in [0.717, 1.165) is 42.9 Å². The number of anilines is 2. The van der Waals surface area contributed by atoms with E-state index < -0.39 is 42.3 Å². The Morgan fingerprint density at radius 1 is 0.757 bits per heavy atom. The lowest BCUT2D eigenvalue weighted by molar-refractivity contribution is -0.192. The standard InChI is InChI=1S/C46H54N12O5.C2HF3O2/c59-27-29-24-50-58(26-29)37-23-36(40(60)41(37)61)57-28-49-39-42(48-25-35(30-9-3-1-4-10-30)31-11-5-2-6-12-31)54-43(55-44(39)57)45(62)51-32-14-16-33(17-15-32)52-46(63)53-34-18-21-56(22-19-34)38-13-7-8-20-47-38;3-2(4,5)1(6)7/h1-13,20,24,26,28,32-37,40-41,59-61H,14-19,21-23,25,27H2,(H,51,62)(H,48,54,55)(H2,52,53,63);(H,6,7)/t32?,33?,36-,37+,40+,41-;/m1./s1. The fourth-order valence-corrected chi connectivity index (χ4v) is 9.38. The number of aliphatic hydroxyl groups excluding tert-OH is 3. The number of rotatable bonds is 13. The SMILES string of the molecule is O=C(NC1CCC(NC(=O)c2nc(NCC(c3ccccc3)c3ccccc3)c3ncn([C@@H]4C[C@H](n5cc(CO)cn5)[C@@H](O)[C@H]4O)c3n2)CC1)NC1CCN(c2ccccn2)CC1.O=C(O)C(F)(F)F. The average Bonchev–Trinajstić information content (AvgIpc) is 4.10. The number of carboxylic acid groups (broad SMARTS) is 1. The highest BCUT2D eigenvalue weighted by Gasteiger charge is 2.45. The number of alkyl halides is 3. The number of imidazole rings is 1. The smallest absolute Gasteiger partial charge is 0.475 e. The van der Waals surface area contributed by atoms with E-state index in [1.807, 2.05) is 54.6 Å². The third-order valence-corrected chi connectivity index (χ3v) is 13.1. The van der Waals surface area contributed by atoms with Crippen molar-refractivity contribution in [2.45, 2.75) is 106 Å². The summed E-state index contributed by atoms with van der Waals surface area (Å²) in [7, 11) is 0. The largest absolute Gasteiger partial charge is 0.490 e. The van der Waals surface area contributed by atoms with Gasteiger partial charge in [0.25, 0.3) is 5.91 Å². The van der Waals surface area contributed by atoms with Crippen LogP contribution in [0.4, 0.5) is 29.6 Å². The molecule has 9 rings (SSSR count). The molecule has 0 radical (unpaired) electrons. The zero-order chi connectivity index (χ0) is 49.4. The summed E-state index contributed by atoms with van der Waals surface area (Å²) in [6.07, 6.45) is 3.83. The number of aliphatic hydroxyl groups is 3. The van der Waals surface area contributed by atoms with Crippen molar-refractivity contribution in [2.24, 2.45) is 0 Å². The van der Waals surface area contributed by atoms with E-state index in [1.165, 1.54) is 6.20 Å². The van der Waals surface area contributed by atoms with Gasteiger partial charge in [-0.25, -0.2) is 29.5 Å². The van der Waals surface area contributed by atoms with Crippen molar-refractivity contribution in [3.8, 4) is 0 Å². The van der Waals surface area contributed by atoms with Crippen molar-refractivity contribution in [3.05, 3.63) is 126 Å². The fraction of sp³-hybridized carbons (Fsp3) is 0.417. The Kier molecular flexibility index (Phi) is 15.5. The van der Waals surface area contributed by atoms with Crippen molar-refractivity contribution in [2.75, 3.05) is 29.9 Å². The van der Waals surface area contributed by atoms with Crippen LogP contribution in [-0.2, 0) is 11.4 Å². The van der Waals surface area contributed by atoms with Gasteiger partial charge in [-0.1, -0.05) is 66.7 Å². The highest BCUT2D eigenvalue weighted by molar-refractivity contribution is 5.94.